The molecule has 0 saturated heterocycles. The van der Waals surface area contributed by atoms with Crippen LogP contribution >= 0.6 is 0 Å². The lowest BCUT2D eigenvalue weighted by molar-refractivity contribution is -0.137. The van der Waals surface area contributed by atoms with Crippen LogP contribution in [0.5, 0.6) is 0 Å². The number of hydrogen-bond donors (Lipinski definition) is 2. The van der Waals surface area contributed by atoms with Crippen LogP contribution in [0.25, 0.3) is 0 Å². The third kappa shape index (κ3) is 4.30. The van der Waals surface area contributed by atoms with Crippen LogP contribution in [0, 0.1) is 13.8 Å². The smallest absolute Gasteiger partial charge is 0.340 e. The summed E-state index contributed by atoms with van der Waals surface area (Å²) < 4.78 is 37.9. The number of aryl methyl sites for hydroxylation is 2. The Morgan fingerprint density at radius 3 is 2.04 bits per heavy atom. The second-order valence-electron chi connectivity index (χ2n) is 5.83. The molecule has 0 bridgehead atoms. The van der Waals surface area contributed by atoms with Crippen LogP contribution in [0.15, 0.2) is 54.6 Å². The molecular formula is C19H17F3N4. The van der Waals surface area contributed by atoms with Gasteiger partial charge in [0.05, 0.1) is 5.56 Å². The van der Waals surface area contributed by atoms with Crippen LogP contribution in [-0.2, 0) is 6.18 Å². The number of nitrogens with zero attached hydrogens (tertiary/aromatic N) is 2. The summed E-state index contributed by atoms with van der Waals surface area (Å²) in [6.07, 6.45) is -4.35. The van der Waals surface area contributed by atoms with E-state index in [9.17, 15) is 13.2 Å². The van der Waals surface area contributed by atoms with Crippen molar-refractivity contribution in [3.63, 3.8) is 0 Å². The maximum atomic E-state index is 12.6. The van der Waals surface area contributed by atoms with Crippen molar-refractivity contribution < 1.29 is 13.2 Å². The summed E-state index contributed by atoms with van der Waals surface area (Å²) in [5.74, 6) is 1.63. The van der Waals surface area contributed by atoms with E-state index in [1.807, 2.05) is 31.2 Å². The molecular weight excluding hydrogens is 341 g/mol. The van der Waals surface area contributed by atoms with E-state index in [1.54, 1.807) is 13.0 Å². The number of para-hydroxylation sites is 1. The fraction of sp³-hybridized carbons (Fsp3) is 0.158. The number of nitrogens with one attached hydrogen (secondary N) is 2. The predicted molar refractivity (Wildman–Crippen MR) is 96.0 cm³/mol. The summed E-state index contributed by atoms with van der Waals surface area (Å²) in [6, 6.07) is 14.3. The number of rotatable bonds is 4. The van der Waals surface area contributed by atoms with Gasteiger partial charge in [0, 0.05) is 17.4 Å². The van der Waals surface area contributed by atoms with Gasteiger partial charge in [-0.1, -0.05) is 18.2 Å². The molecule has 0 spiro atoms. The fourth-order valence-electron chi connectivity index (χ4n) is 2.44. The first-order chi connectivity index (χ1) is 12.3. The van der Waals surface area contributed by atoms with Crippen LogP contribution in [0.4, 0.5) is 36.2 Å². The lowest BCUT2D eigenvalue weighted by Crippen LogP contribution is -2.05. The van der Waals surface area contributed by atoms with Crippen molar-refractivity contribution in [2.45, 2.75) is 20.0 Å². The van der Waals surface area contributed by atoms with Gasteiger partial charge < -0.3 is 10.6 Å². The topological polar surface area (TPSA) is 49.8 Å². The Morgan fingerprint density at radius 1 is 0.808 bits per heavy atom. The monoisotopic (exact) mass is 358 g/mol. The molecule has 0 amide bonds. The van der Waals surface area contributed by atoms with E-state index in [1.165, 1.54) is 12.1 Å². The molecule has 26 heavy (non-hydrogen) atoms. The number of alkyl halides is 3. The van der Waals surface area contributed by atoms with Gasteiger partial charge in [-0.15, -0.1) is 0 Å². The van der Waals surface area contributed by atoms with Crippen LogP contribution < -0.4 is 10.6 Å². The molecule has 0 unspecified atom stereocenters. The molecule has 3 aromatic rings. The van der Waals surface area contributed by atoms with Crippen LogP contribution in [-0.4, -0.2) is 9.97 Å². The molecule has 3 rings (SSSR count). The van der Waals surface area contributed by atoms with E-state index in [-0.39, 0.29) is 0 Å². The van der Waals surface area contributed by atoms with E-state index < -0.39 is 11.7 Å². The number of aromatic nitrogens is 2. The second-order valence-corrected chi connectivity index (χ2v) is 5.83. The number of anilines is 4. The lowest BCUT2D eigenvalue weighted by Gasteiger charge is -2.12. The zero-order chi connectivity index (χ0) is 18.7. The predicted octanol–water partition coefficient (Wildman–Crippen LogP) is 5.60. The fourth-order valence-corrected chi connectivity index (χ4v) is 2.44. The van der Waals surface area contributed by atoms with Crippen molar-refractivity contribution in [1.29, 1.82) is 0 Å². The third-order valence-corrected chi connectivity index (χ3v) is 3.73. The van der Waals surface area contributed by atoms with Crippen molar-refractivity contribution in [1.82, 2.24) is 9.97 Å². The van der Waals surface area contributed by atoms with Crippen molar-refractivity contribution in [2.75, 3.05) is 10.6 Å². The Balaban J connectivity index is 1.80. The minimum absolute atomic E-state index is 0.494. The average molecular weight is 358 g/mol. The molecule has 4 nitrogen and oxygen atoms in total. The van der Waals surface area contributed by atoms with Crippen molar-refractivity contribution >= 4 is 23.0 Å². The van der Waals surface area contributed by atoms with Crippen LogP contribution in [0.2, 0.25) is 0 Å². The molecule has 0 aliphatic heterocycles. The van der Waals surface area contributed by atoms with Gasteiger partial charge in [0.2, 0.25) is 0 Å². The molecule has 1 aromatic heterocycles. The normalized spacial score (nSPS) is 11.3. The minimum atomic E-state index is -4.35. The Kier molecular flexibility index (Phi) is 4.79. The summed E-state index contributed by atoms with van der Waals surface area (Å²) >= 11 is 0. The van der Waals surface area contributed by atoms with Gasteiger partial charge in [-0.3, -0.25) is 0 Å². The third-order valence-electron chi connectivity index (χ3n) is 3.73. The van der Waals surface area contributed by atoms with Gasteiger partial charge >= 0.3 is 6.18 Å². The molecule has 0 fully saturated rings. The first-order valence-corrected chi connectivity index (χ1v) is 7.94. The van der Waals surface area contributed by atoms with Crippen LogP contribution in [0.1, 0.15) is 17.0 Å². The quantitative estimate of drug-likeness (QED) is 0.637. The van der Waals surface area contributed by atoms with E-state index in [0.29, 0.717) is 23.1 Å². The molecule has 2 aromatic carbocycles. The molecule has 0 atom stereocenters. The molecule has 2 N–H and O–H groups in total. The molecule has 1 heterocycles. The Bertz CT molecular complexity index is 905. The molecule has 134 valence electrons. The van der Waals surface area contributed by atoms with E-state index in [4.69, 9.17) is 0 Å². The Morgan fingerprint density at radius 2 is 1.42 bits per heavy atom. The van der Waals surface area contributed by atoms with Gasteiger partial charge in [0.25, 0.3) is 0 Å². The maximum Gasteiger partial charge on any atom is 0.416 e. The Labute approximate surface area is 149 Å². The second kappa shape index (κ2) is 7.03. The maximum absolute atomic E-state index is 12.6. The Hall–Kier alpha value is -3.09. The highest BCUT2D eigenvalue weighted by Crippen LogP contribution is 2.30. The summed E-state index contributed by atoms with van der Waals surface area (Å²) in [7, 11) is 0. The standard InChI is InChI=1S/C19H17F3N4/c1-12-5-3-4-6-16(12)26-18-11-17(23-13(2)24-18)25-15-9-7-14(8-10-15)19(20,21)22/h3-11H,1-2H3,(H2,23,24,25,26). The number of hydrogen-bond acceptors (Lipinski definition) is 4. The van der Waals surface area contributed by atoms with Crippen LogP contribution in [0.3, 0.4) is 0 Å². The molecule has 7 heteroatoms. The highest BCUT2D eigenvalue weighted by Gasteiger charge is 2.29. The summed E-state index contributed by atoms with van der Waals surface area (Å²) in [6.45, 7) is 3.73. The highest BCUT2D eigenvalue weighted by atomic mass is 19.4. The zero-order valence-electron chi connectivity index (χ0n) is 14.2. The van der Waals surface area contributed by atoms with Gasteiger partial charge in [-0.05, 0) is 49.7 Å². The molecule has 0 aliphatic rings. The van der Waals surface area contributed by atoms with Gasteiger partial charge in [0.15, 0.2) is 0 Å². The van der Waals surface area contributed by atoms with E-state index in [2.05, 4.69) is 20.6 Å². The average Bonchev–Trinajstić information content (AvgIpc) is 2.56. The van der Waals surface area contributed by atoms with Gasteiger partial charge in [-0.25, -0.2) is 9.97 Å². The van der Waals surface area contributed by atoms with E-state index in [0.717, 1.165) is 23.4 Å². The molecule has 0 aliphatic carbocycles. The minimum Gasteiger partial charge on any atom is -0.340 e. The molecule has 0 radical (unpaired) electrons. The first kappa shape index (κ1) is 17.7. The molecule has 0 saturated carbocycles. The van der Waals surface area contributed by atoms with E-state index >= 15 is 0 Å². The van der Waals surface area contributed by atoms with Gasteiger partial charge in [-0.2, -0.15) is 13.2 Å². The van der Waals surface area contributed by atoms with Crippen molar-refractivity contribution in [3.05, 3.63) is 71.5 Å². The summed E-state index contributed by atoms with van der Waals surface area (Å²) in [4.78, 5) is 8.63. The largest absolute Gasteiger partial charge is 0.416 e. The van der Waals surface area contributed by atoms with Crippen molar-refractivity contribution in [3.8, 4) is 0 Å². The number of halogens is 3. The first-order valence-electron chi connectivity index (χ1n) is 7.94. The van der Waals surface area contributed by atoms with Crippen molar-refractivity contribution in [2.24, 2.45) is 0 Å². The summed E-state index contributed by atoms with van der Waals surface area (Å²) in [5, 5.41) is 6.23. The SMILES string of the molecule is Cc1nc(Nc2ccc(C(F)(F)F)cc2)cc(Nc2ccccc2C)n1. The lowest BCUT2D eigenvalue weighted by atomic mass is 10.2. The van der Waals surface area contributed by atoms with Gasteiger partial charge in [0.1, 0.15) is 17.5 Å². The zero-order valence-corrected chi connectivity index (χ0v) is 14.2. The number of benzene rings is 2. The highest BCUT2D eigenvalue weighted by molar-refractivity contribution is 5.65. The summed E-state index contributed by atoms with van der Waals surface area (Å²) in [5.41, 5.74) is 1.81.